The summed E-state index contributed by atoms with van der Waals surface area (Å²) in [7, 11) is -10.1. The van der Waals surface area contributed by atoms with Crippen LogP contribution in [0.5, 0.6) is 0 Å². The Hall–Kier alpha value is -0.430. The molecule has 11 N–H and O–H groups in total. The summed E-state index contributed by atoms with van der Waals surface area (Å²) in [6.07, 6.45) is -14.9. The molecule has 1 unspecified atom stereocenters. The Morgan fingerprint density at radius 3 is 1.65 bits per heavy atom. The lowest BCUT2D eigenvalue weighted by Crippen LogP contribution is -2.47. The van der Waals surface area contributed by atoms with Crippen molar-refractivity contribution in [3.8, 4) is 0 Å². The van der Waals surface area contributed by atoms with Crippen LogP contribution < -0.4 is 0 Å². The Kier molecular flexibility index (Phi) is 13.1. The highest BCUT2D eigenvalue weighted by Crippen LogP contribution is 2.43. The van der Waals surface area contributed by atoms with Gasteiger partial charge in [0.1, 0.15) is 49.3 Å². The maximum absolute atomic E-state index is 11.7. The van der Waals surface area contributed by atoms with E-state index < -0.39 is 90.6 Å². The van der Waals surface area contributed by atoms with Crippen molar-refractivity contribution in [2.45, 2.75) is 42.7 Å². The monoisotopic (exact) mass is 504 g/mol. The molecule has 0 aliphatic rings. The van der Waals surface area contributed by atoms with Crippen LogP contribution in [0.3, 0.4) is 0 Å². The third-order valence-electron chi connectivity index (χ3n) is 3.56. The number of rotatable bonds is 16. The molecule has 0 fully saturated rings. The van der Waals surface area contributed by atoms with Crippen molar-refractivity contribution in [2.75, 3.05) is 26.4 Å². The van der Waals surface area contributed by atoms with E-state index in [0.717, 1.165) is 0 Å². The van der Waals surface area contributed by atoms with E-state index in [1.165, 1.54) is 0 Å². The molecule has 19 heteroatoms. The van der Waals surface area contributed by atoms with Gasteiger partial charge in [0.2, 0.25) is 0 Å². The molecule has 0 aromatic rings. The fourth-order valence-corrected chi connectivity index (χ4v) is 2.83. The summed E-state index contributed by atoms with van der Waals surface area (Å²) in [6, 6.07) is 0. The molecule has 0 saturated carbocycles. The van der Waals surface area contributed by atoms with E-state index in [-0.39, 0.29) is 0 Å². The zero-order valence-electron chi connectivity index (χ0n) is 15.6. The lowest BCUT2D eigenvalue weighted by molar-refractivity contribution is -0.142. The summed E-state index contributed by atoms with van der Waals surface area (Å²) >= 11 is 0. The summed E-state index contributed by atoms with van der Waals surface area (Å²) in [4.78, 5) is 38.0. The van der Waals surface area contributed by atoms with Gasteiger partial charge in [0.05, 0.1) is 19.8 Å². The van der Waals surface area contributed by atoms with E-state index in [4.69, 9.17) is 20.0 Å². The molecule has 0 aromatic carbocycles. The van der Waals surface area contributed by atoms with Gasteiger partial charge in [0.25, 0.3) is 0 Å². The van der Waals surface area contributed by atoms with Gasteiger partial charge in [-0.25, -0.2) is 9.13 Å². The van der Waals surface area contributed by atoms with Gasteiger partial charge in [-0.1, -0.05) is 0 Å². The number of aliphatic hydroxyl groups is 8. The van der Waals surface area contributed by atoms with Gasteiger partial charge in [0, 0.05) is 0 Å². The molecule has 0 aliphatic carbocycles. The molecule has 0 aliphatic heterocycles. The van der Waals surface area contributed by atoms with Crippen molar-refractivity contribution in [2.24, 2.45) is 0 Å². The van der Waals surface area contributed by atoms with Crippen molar-refractivity contribution >= 4 is 21.4 Å². The Balaban J connectivity index is 4.60. The third kappa shape index (κ3) is 11.8. The smallest absolute Gasteiger partial charge is 0.394 e. The minimum absolute atomic E-state index is 0.968. The Bertz CT molecular complexity index is 639. The van der Waals surface area contributed by atoms with Gasteiger partial charge in [-0.15, -0.1) is 0 Å². The molecule has 17 nitrogen and oxygen atoms in total. The van der Waals surface area contributed by atoms with Crippen LogP contribution in [-0.4, -0.2) is 130 Å². The standard InChI is InChI=1S/C12H26O17P2/c13-1-5(14)9(18)10(19)7(16)3-28-31(25,26)29-4-8(17)12(21)11(20)6(15)2-27-30(22,23)24/h5-7,9-16,18-21H,1-4H2,(H,25,26)(H2,22,23,24)/t5-,6-,7-,9-,10-,11-,12-/m1/s1. The molecule has 0 heterocycles. The predicted molar refractivity (Wildman–Crippen MR) is 93.9 cm³/mol. The van der Waals surface area contributed by atoms with Gasteiger partial charge in [-0.05, 0) is 0 Å². The summed E-state index contributed by atoms with van der Waals surface area (Å²) in [6.45, 7) is -4.66. The second-order valence-electron chi connectivity index (χ2n) is 6.09. The van der Waals surface area contributed by atoms with E-state index in [2.05, 4.69) is 13.6 Å². The lowest BCUT2D eigenvalue weighted by atomic mass is 10.0. The first-order chi connectivity index (χ1) is 14.0. The quantitative estimate of drug-likeness (QED) is 0.0872. The topological polar surface area (TPSA) is 301 Å². The number of phosphoric acid groups is 2. The number of carbonyl (C=O) groups excluding carboxylic acids is 1. The van der Waals surface area contributed by atoms with E-state index in [0.29, 0.717) is 0 Å². The fraction of sp³-hybridized carbons (Fsp3) is 0.917. The van der Waals surface area contributed by atoms with Crippen LogP contribution in [0, 0.1) is 0 Å². The highest BCUT2D eigenvalue weighted by Gasteiger charge is 2.35. The molecule has 8 atom stereocenters. The first-order valence-corrected chi connectivity index (χ1v) is 11.3. The molecule has 0 saturated heterocycles. The Morgan fingerprint density at radius 1 is 0.710 bits per heavy atom. The highest BCUT2D eigenvalue weighted by atomic mass is 31.2. The van der Waals surface area contributed by atoms with Gasteiger partial charge in [-0.2, -0.15) is 0 Å². The number of carbonyl (C=O) groups is 1. The van der Waals surface area contributed by atoms with Crippen LogP contribution in [-0.2, 0) is 27.5 Å². The maximum Gasteiger partial charge on any atom is 0.472 e. The van der Waals surface area contributed by atoms with Crippen LogP contribution in [0.4, 0.5) is 0 Å². The van der Waals surface area contributed by atoms with Crippen LogP contribution in [0.25, 0.3) is 0 Å². The molecule has 0 spiro atoms. The maximum atomic E-state index is 11.7. The number of aliphatic hydroxyl groups excluding tert-OH is 8. The molecule has 0 radical (unpaired) electrons. The summed E-state index contributed by atoms with van der Waals surface area (Å²) < 4.78 is 34.5. The molecule has 0 amide bonds. The number of phosphoric ester groups is 2. The highest BCUT2D eigenvalue weighted by molar-refractivity contribution is 7.47. The molecule has 186 valence electrons. The average Bonchev–Trinajstić information content (AvgIpc) is 2.70. The van der Waals surface area contributed by atoms with Crippen LogP contribution in [0.15, 0.2) is 0 Å². The third-order valence-corrected chi connectivity index (χ3v) is 4.98. The van der Waals surface area contributed by atoms with Gasteiger partial charge in [-0.3, -0.25) is 18.4 Å². The SMILES string of the molecule is O=C(COP(=O)(O)OC[C@@H](O)[C@@H](O)[C@H](O)[C@H](O)CO)[C@@H](O)[C@H](O)[C@H](O)COP(=O)(O)O. The molecular formula is C12H26O17P2. The zero-order valence-corrected chi connectivity index (χ0v) is 17.4. The van der Waals surface area contributed by atoms with E-state index in [1.54, 1.807) is 0 Å². The van der Waals surface area contributed by atoms with E-state index >= 15 is 0 Å². The zero-order chi connectivity index (χ0) is 24.6. The second kappa shape index (κ2) is 13.3. The number of hydrogen-bond donors (Lipinski definition) is 11. The predicted octanol–water partition coefficient (Wildman–Crippen LogP) is -5.68. The van der Waals surface area contributed by atoms with Gasteiger partial charge < -0.3 is 55.5 Å². The fourth-order valence-electron chi connectivity index (χ4n) is 1.77. The minimum Gasteiger partial charge on any atom is -0.394 e. The van der Waals surface area contributed by atoms with E-state index in [1.807, 2.05) is 0 Å². The average molecular weight is 504 g/mol. The second-order valence-corrected chi connectivity index (χ2v) is 8.78. The normalized spacial score (nSPS) is 21.4. The van der Waals surface area contributed by atoms with Crippen molar-refractivity contribution in [3.05, 3.63) is 0 Å². The molecule has 31 heavy (non-hydrogen) atoms. The van der Waals surface area contributed by atoms with E-state index in [9.17, 15) is 49.5 Å². The van der Waals surface area contributed by atoms with Crippen molar-refractivity contribution < 1.29 is 83.0 Å². The number of hydrogen-bond acceptors (Lipinski definition) is 14. The molecule has 0 aromatic heterocycles. The summed E-state index contributed by atoms with van der Waals surface area (Å²) in [5.74, 6) is -1.47. The Labute approximate surface area is 174 Å². The first kappa shape index (κ1) is 30.6. The minimum atomic E-state index is -5.10. The summed E-state index contributed by atoms with van der Waals surface area (Å²) in [5, 5.41) is 74.8. The van der Waals surface area contributed by atoms with Gasteiger partial charge in [0.15, 0.2) is 5.78 Å². The van der Waals surface area contributed by atoms with Crippen molar-refractivity contribution in [1.82, 2.24) is 0 Å². The Morgan fingerprint density at radius 2 is 1.16 bits per heavy atom. The van der Waals surface area contributed by atoms with Crippen molar-refractivity contribution in [3.63, 3.8) is 0 Å². The molecular weight excluding hydrogens is 478 g/mol. The van der Waals surface area contributed by atoms with Crippen LogP contribution in [0.2, 0.25) is 0 Å². The number of Topliss-reactive ketones (excluding diaryl/α,β-unsaturated/α-hetero) is 1. The largest absolute Gasteiger partial charge is 0.472 e. The molecule has 0 rings (SSSR count). The van der Waals surface area contributed by atoms with Crippen molar-refractivity contribution in [1.29, 1.82) is 0 Å². The first-order valence-electron chi connectivity index (χ1n) is 8.24. The molecule has 0 bridgehead atoms. The van der Waals surface area contributed by atoms with Gasteiger partial charge >= 0.3 is 15.6 Å². The summed E-state index contributed by atoms with van der Waals surface area (Å²) in [5.41, 5.74) is 0. The van der Waals surface area contributed by atoms with Crippen LogP contribution >= 0.6 is 15.6 Å². The number of ketones is 1. The lowest BCUT2D eigenvalue weighted by Gasteiger charge is -2.26. The van der Waals surface area contributed by atoms with Crippen LogP contribution in [0.1, 0.15) is 0 Å².